The number of carbonyl (C=O) groups is 6. The Morgan fingerprint density at radius 1 is 1.10 bits per heavy atom. The van der Waals surface area contributed by atoms with E-state index in [0.29, 0.717) is 12.8 Å². The van der Waals surface area contributed by atoms with Crippen molar-refractivity contribution < 1.29 is 33.9 Å². The average molecular weight is 428 g/mol. The van der Waals surface area contributed by atoms with Crippen LogP contribution in [0.5, 0.6) is 0 Å². The Balaban J connectivity index is 2.93. The number of rotatable bonds is 11. The van der Waals surface area contributed by atoms with Crippen molar-refractivity contribution in [1.29, 1.82) is 0 Å². The van der Waals surface area contributed by atoms with Gasteiger partial charge < -0.3 is 37.8 Å². The van der Waals surface area contributed by atoms with E-state index >= 15 is 0 Å². The highest BCUT2D eigenvalue weighted by molar-refractivity contribution is 5.95. The van der Waals surface area contributed by atoms with E-state index in [4.69, 9.17) is 22.3 Å². The van der Waals surface area contributed by atoms with Crippen molar-refractivity contribution in [2.24, 2.45) is 17.2 Å². The molecule has 13 nitrogen and oxygen atoms in total. The Labute approximate surface area is 172 Å². The van der Waals surface area contributed by atoms with Crippen LogP contribution in [0.25, 0.3) is 0 Å². The van der Waals surface area contributed by atoms with E-state index in [2.05, 4.69) is 10.6 Å². The second kappa shape index (κ2) is 11.1. The molecule has 0 spiro atoms. The van der Waals surface area contributed by atoms with E-state index < -0.39 is 66.1 Å². The minimum atomic E-state index is -1.29. The molecule has 0 aromatic rings. The molecule has 1 heterocycles. The van der Waals surface area contributed by atoms with Gasteiger partial charge in [-0.2, -0.15) is 0 Å². The summed E-state index contributed by atoms with van der Waals surface area (Å²) in [7, 11) is 0. The summed E-state index contributed by atoms with van der Waals surface area (Å²) in [6, 6.07) is -4.58. The number of amides is 5. The molecule has 0 saturated carbocycles. The minimum absolute atomic E-state index is 0.139. The molecule has 0 aliphatic carbocycles. The van der Waals surface area contributed by atoms with Crippen LogP contribution in [0.3, 0.4) is 0 Å². The second-order valence-corrected chi connectivity index (χ2v) is 7.10. The van der Waals surface area contributed by atoms with Crippen LogP contribution < -0.4 is 27.8 Å². The number of primary amides is 2. The van der Waals surface area contributed by atoms with Crippen LogP contribution in [0.4, 0.5) is 0 Å². The molecule has 1 saturated heterocycles. The number of hydrogen-bond acceptors (Lipinski definition) is 7. The molecule has 5 amide bonds. The van der Waals surface area contributed by atoms with Crippen LogP contribution in [-0.2, 0) is 28.8 Å². The average Bonchev–Trinajstić information content (AvgIpc) is 3.13. The lowest BCUT2D eigenvalue weighted by Crippen LogP contribution is -2.56. The first kappa shape index (κ1) is 24.8. The highest BCUT2D eigenvalue weighted by Gasteiger charge is 2.38. The molecule has 4 unspecified atom stereocenters. The molecular formula is C17H28N6O7. The second-order valence-electron chi connectivity index (χ2n) is 7.10. The summed E-state index contributed by atoms with van der Waals surface area (Å²) in [5, 5.41) is 13.6. The SMILES string of the molecule is CC(NC(=O)C1CCCN1C(=O)C(CCC(N)=O)NC(=O)C(N)CC(N)=O)C(=O)O. The Kier molecular flexibility index (Phi) is 9.17. The van der Waals surface area contributed by atoms with E-state index in [0.717, 1.165) is 0 Å². The van der Waals surface area contributed by atoms with E-state index in [1.807, 2.05) is 0 Å². The lowest BCUT2D eigenvalue weighted by Gasteiger charge is -2.29. The maximum absolute atomic E-state index is 13.0. The van der Waals surface area contributed by atoms with Gasteiger partial charge in [-0.3, -0.25) is 28.8 Å². The Morgan fingerprint density at radius 2 is 1.73 bits per heavy atom. The Hall–Kier alpha value is -3.22. The third-order valence-electron chi connectivity index (χ3n) is 4.62. The highest BCUT2D eigenvalue weighted by atomic mass is 16.4. The summed E-state index contributed by atoms with van der Waals surface area (Å²) in [6.45, 7) is 1.49. The normalized spacial score (nSPS) is 18.7. The maximum atomic E-state index is 13.0. The summed E-state index contributed by atoms with van der Waals surface area (Å²) in [5.41, 5.74) is 15.7. The molecule has 13 heteroatoms. The van der Waals surface area contributed by atoms with Gasteiger partial charge in [0, 0.05) is 13.0 Å². The van der Waals surface area contributed by atoms with Crippen LogP contribution >= 0.6 is 0 Å². The van der Waals surface area contributed by atoms with Gasteiger partial charge in [0.2, 0.25) is 29.5 Å². The molecule has 1 rings (SSSR count). The molecule has 0 bridgehead atoms. The molecule has 1 aliphatic heterocycles. The van der Waals surface area contributed by atoms with Gasteiger partial charge in [0.15, 0.2) is 0 Å². The van der Waals surface area contributed by atoms with Crippen LogP contribution in [0.2, 0.25) is 0 Å². The predicted molar refractivity (Wildman–Crippen MR) is 102 cm³/mol. The Bertz CT molecular complexity index is 713. The number of nitrogens with zero attached hydrogens (tertiary/aromatic N) is 1. The third-order valence-corrected chi connectivity index (χ3v) is 4.62. The van der Waals surface area contributed by atoms with E-state index in [9.17, 15) is 28.8 Å². The zero-order chi connectivity index (χ0) is 23.0. The molecule has 9 N–H and O–H groups in total. The zero-order valence-corrected chi connectivity index (χ0v) is 16.6. The molecular weight excluding hydrogens is 400 g/mol. The number of nitrogens with one attached hydrogen (secondary N) is 2. The van der Waals surface area contributed by atoms with Gasteiger partial charge in [-0.05, 0) is 26.2 Å². The van der Waals surface area contributed by atoms with Crippen LogP contribution in [0, 0.1) is 0 Å². The maximum Gasteiger partial charge on any atom is 0.325 e. The van der Waals surface area contributed by atoms with E-state index in [1.54, 1.807) is 0 Å². The molecule has 1 fully saturated rings. The summed E-state index contributed by atoms with van der Waals surface area (Å²) in [4.78, 5) is 71.9. The van der Waals surface area contributed by atoms with Crippen molar-refractivity contribution >= 4 is 35.5 Å². The van der Waals surface area contributed by atoms with Crippen LogP contribution in [0.1, 0.15) is 39.0 Å². The molecule has 0 radical (unpaired) electrons. The summed E-state index contributed by atoms with van der Waals surface area (Å²) >= 11 is 0. The van der Waals surface area contributed by atoms with Crippen molar-refractivity contribution in [3.63, 3.8) is 0 Å². The monoisotopic (exact) mass is 428 g/mol. The number of carbonyl (C=O) groups excluding carboxylic acids is 5. The van der Waals surface area contributed by atoms with Gasteiger partial charge in [0.25, 0.3) is 0 Å². The van der Waals surface area contributed by atoms with Crippen molar-refractivity contribution in [2.75, 3.05) is 6.54 Å². The summed E-state index contributed by atoms with van der Waals surface area (Å²) in [5.74, 6) is -4.83. The third kappa shape index (κ3) is 7.31. The van der Waals surface area contributed by atoms with E-state index in [-0.39, 0.29) is 19.4 Å². The van der Waals surface area contributed by atoms with Gasteiger partial charge >= 0.3 is 5.97 Å². The largest absolute Gasteiger partial charge is 0.480 e. The number of aliphatic carboxylic acids is 1. The molecule has 0 aromatic carbocycles. The van der Waals surface area contributed by atoms with Gasteiger partial charge in [0.1, 0.15) is 18.1 Å². The van der Waals surface area contributed by atoms with Crippen molar-refractivity contribution in [3.8, 4) is 0 Å². The predicted octanol–water partition coefficient (Wildman–Crippen LogP) is -3.48. The molecule has 30 heavy (non-hydrogen) atoms. The smallest absolute Gasteiger partial charge is 0.325 e. The fraction of sp³-hybridized carbons (Fsp3) is 0.647. The highest BCUT2D eigenvalue weighted by Crippen LogP contribution is 2.20. The summed E-state index contributed by atoms with van der Waals surface area (Å²) in [6.07, 6.45) is -0.00299. The van der Waals surface area contributed by atoms with Crippen molar-refractivity contribution in [3.05, 3.63) is 0 Å². The fourth-order valence-corrected chi connectivity index (χ4v) is 3.01. The summed E-state index contributed by atoms with van der Waals surface area (Å²) < 4.78 is 0. The molecule has 168 valence electrons. The number of carboxylic acid groups (broad SMARTS) is 1. The zero-order valence-electron chi connectivity index (χ0n) is 16.6. The van der Waals surface area contributed by atoms with Crippen molar-refractivity contribution in [1.82, 2.24) is 15.5 Å². The van der Waals surface area contributed by atoms with Gasteiger partial charge in [-0.1, -0.05) is 0 Å². The van der Waals surface area contributed by atoms with Gasteiger partial charge in [-0.25, -0.2) is 0 Å². The first-order chi connectivity index (χ1) is 13.9. The number of carboxylic acids is 1. The van der Waals surface area contributed by atoms with Crippen LogP contribution in [-0.4, -0.2) is 76.2 Å². The standard InChI is InChI=1S/C17H28N6O7/c1-8(17(29)30)21-15(27)11-3-2-6-23(11)16(28)10(4-5-12(19)24)22-14(26)9(18)7-13(20)25/h8-11H,2-7,18H2,1H3,(H2,19,24)(H2,20,25)(H,21,27)(H,22,26)(H,29,30). The van der Waals surface area contributed by atoms with Gasteiger partial charge in [0.05, 0.1) is 12.5 Å². The topological polar surface area (TPSA) is 228 Å². The van der Waals surface area contributed by atoms with E-state index in [1.165, 1.54) is 11.8 Å². The quantitative estimate of drug-likeness (QED) is 0.193. The first-order valence-corrected chi connectivity index (χ1v) is 9.40. The minimum Gasteiger partial charge on any atom is -0.480 e. The lowest BCUT2D eigenvalue weighted by molar-refractivity contribution is -0.144. The first-order valence-electron chi connectivity index (χ1n) is 9.40. The molecule has 1 aliphatic rings. The van der Waals surface area contributed by atoms with Crippen molar-refractivity contribution in [2.45, 2.75) is 63.2 Å². The molecule has 4 atom stereocenters. The van der Waals surface area contributed by atoms with Crippen LogP contribution in [0.15, 0.2) is 0 Å². The van der Waals surface area contributed by atoms with Gasteiger partial charge in [-0.15, -0.1) is 0 Å². The Morgan fingerprint density at radius 3 is 2.27 bits per heavy atom. The number of likely N-dealkylation sites (tertiary alicyclic amines) is 1. The fourth-order valence-electron chi connectivity index (χ4n) is 3.01. The molecule has 0 aromatic heterocycles. The number of hydrogen-bond donors (Lipinski definition) is 6. The lowest BCUT2D eigenvalue weighted by atomic mass is 10.1. The number of nitrogens with two attached hydrogens (primary N) is 3.